The summed E-state index contributed by atoms with van der Waals surface area (Å²) in [7, 11) is 0. The average Bonchev–Trinajstić information content (AvgIpc) is 2.05. The van der Waals surface area contributed by atoms with Crippen LogP contribution in [0.2, 0.25) is 0 Å². The minimum atomic E-state index is -0.642. The number of para-hydroxylation sites is 1. The molecule has 1 radical (unpaired) electrons. The fourth-order valence-electron chi connectivity index (χ4n) is 0.713. The number of nitrogens with zero attached hydrogens (tertiary/aromatic N) is 1. The molecule has 0 aromatic heterocycles. The lowest BCUT2D eigenvalue weighted by atomic mass is 10.3. The van der Waals surface area contributed by atoms with Crippen LogP contribution in [0.3, 0.4) is 0 Å². The Morgan fingerprint density at radius 1 is 1.36 bits per heavy atom. The summed E-state index contributed by atoms with van der Waals surface area (Å²) >= 11 is 0. The first-order chi connectivity index (χ1) is 5.22. The van der Waals surface area contributed by atoms with Gasteiger partial charge in [-0.1, -0.05) is 18.2 Å². The number of rotatable bonds is 1. The summed E-state index contributed by atoms with van der Waals surface area (Å²) in [6.45, 7) is 3.05. The summed E-state index contributed by atoms with van der Waals surface area (Å²) in [6, 6.07) is 8.47. The van der Waals surface area contributed by atoms with Gasteiger partial charge in [0.25, 0.3) is 5.91 Å². The lowest BCUT2D eigenvalue weighted by Crippen LogP contribution is -2.23. The minimum Gasteiger partial charge on any atom is -0.281 e. The van der Waals surface area contributed by atoms with Gasteiger partial charge >= 0.3 is 0 Å². The number of hydrogen-bond acceptors (Lipinski definition) is 2. The summed E-state index contributed by atoms with van der Waals surface area (Å²) in [4.78, 5) is 10.5. The van der Waals surface area contributed by atoms with Crippen molar-refractivity contribution in [3.8, 4) is 0 Å². The molecule has 0 aliphatic carbocycles. The number of anilines is 1. The van der Waals surface area contributed by atoms with E-state index in [2.05, 4.69) is 6.92 Å². The molecule has 0 heterocycles. The molecule has 0 aliphatic rings. The zero-order valence-corrected chi connectivity index (χ0v) is 5.90. The van der Waals surface area contributed by atoms with Crippen LogP contribution in [-0.4, -0.2) is 11.1 Å². The number of carbonyl (C=O) groups is 1. The smallest absolute Gasteiger partial charge is 0.251 e. The Morgan fingerprint density at radius 2 is 1.91 bits per heavy atom. The van der Waals surface area contributed by atoms with Crippen LogP contribution in [0.15, 0.2) is 30.3 Å². The fraction of sp³-hybridized carbons (Fsp3) is 0. The summed E-state index contributed by atoms with van der Waals surface area (Å²) in [5.41, 5.74) is 0.424. The Morgan fingerprint density at radius 3 is 2.36 bits per heavy atom. The van der Waals surface area contributed by atoms with E-state index in [1.807, 2.05) is 0 Å². The van der Waals surface area contributed by atoms with Crippen molar-refractivity contribution in [2.75, 3.05) is 5.06 Å². The van der Waals surface area contributed by atoms with E-state index in [0.29, 0.717) is 10.8 Å². The molecular weight excluding hydrogens is 142 g/mol. The van der Waals surface area contributed by atoms with Crippen molar-refractivity contribution in [3.63, 3.8) is 0 Å². The predicted molar refractivity (Wildman–Crippen MR) is 41.1 cm³/mol. The van der Waals surface area contributed by atoms with Crippen molar-refractivity contribution in [1.29, 1.82) is 0 Å². The molecule has 0 aliphatic heterocycles. The molecule has 1 aromatic carbocycles. The minimum absolute atomic E-state index is 0.424. The Kier molecular flexibility index (Phi) is 2.23. The standard InChI is InChI=1S/C8H8NO2/c1-7(10)9(11)8-5-3-2-4-6-8/h2-6,11H,1H2. The molecule has 0 saturated carbocycles. The molecule has 1 aromatic rings. The van der Waals surface area contributed by atoms with Gasteiger partial charge in [0.05, 0.1) is 5.69 Å². The zero-order valence-electron chi connectivity index (χ0n) is 5.90. The Bertz CT molecular complexity index is 246. The van der Waals surface area contributed by atoms with E-state index >= 15 is 0 Å². The first-order valence-electron chi connectivity index (χ1n) is 3.12. The molecule has 3 heteroatoms. The number of hydrogen-bond donors (Lipinski definition) is 1. The lowest BCUT2D eigenvalue weighted by Gasteiger charge is -2.10. The number of benzene rings is 1. The third-order valence-corrected chi connectivity index (χ3v) is 1.24. The third-order valence-electron chi connectivity index (χ3n) is 1.24. The molecule has 1 N–H and O–H groups in total. The summed E-state index contributed by atoms with van der Waals surface area (Å²) in [5.74, 6) is -0.642. The molecule has 57 valence electrons. The van der Waals surface area contributed by atoms with E-state index in [-0.39, 0.29) is 0 Å². The van der Waals surface area contributed by atoms with Crippen molar-refractivity contribution in [2.45, 2.75) is 0 Å². The highest BCUT2D eigenvalue weighted by atomic mass is 16.5. The highest BCUT2D eigenvalue weighted by molar-refractivity contribution is 5.93. The van der Waals surface area contributed by atoms with Crippen LogP contribution in [0.5, 0.6) is 0 Å². The molecule has 11 heavy (non-hydrogen) atoms. The van der Waals surface area contributed by atoms with Crippen LogP contribution >= 0.6 is 0 Å². The topological polar surface area (TPSA) is 40.5 Å². The average molecular weight is 150 g/mol. The Balaban J connectivity index is 2.85. The third kappa shape index (κ3) is 1.78. The van der Waals surface area contributed by atoms with Gasteiger partial charge in [0.15, 0.2) is 0 Å². The second-order valence-electron chi connectivity index (χ2n) is 2.04. The van der Waals surface area contributed by atoms with E-state index in [9.17, 15) is 4.79 Å². The molecule has 0 unspecified atom stereocenters. The van der Waals surface area contributed by atoms with Crippen molar-refractivity contribution in [2.24, 2.45) is 0 Å². The predicted octanol–water partition coefficient (Wildman–Crippen LogP) is 1.24. The van der Waals surface area contributed by atoms with E-state index in [4.69, 9.17) is 5.21 Å². The van der Waals surface area contributed by atoms with Gasteiger partial charge < -0.3 is 0 Å². The van der Waals surface area contributed by atoms with Crippen LogP contribution in [0.4, 0.5) is 5.69 Å². The zero-order chi connectivity index (χ0) is 8.27. The molecule has 1 amide bonds. The molecule has 0 saturated heterocycles. The van der Waals surface area contributed by atoms with E-state index in [1.165, 1.54) is 0 Å². The number of hydroxylamine groups is 1. The summed E-state index contributed by atoms with van der Waals surface area (Å²) < 4.78 is 0. The van der Waals surface area contributed by atoms with E-state index in [0.717, 1.165) is 0 Å². The maximum absolute atomic E-state index is 10.5. The van der Waals surface area contributed by atoms with Crippen molar-refractivity contribution < 1.29 is 10.0 Å². The first-order valence-corrected chi connectivity index (χ1v) is 3.12. The van der Waals surface area contributed by atoms with E-state index in [1.54, 1.807) is 30.3 Å². The molecule has 0 fully saturated rings. The second-order valence-corrected chi connectivity index (χ2v) is 2.04. The maximum atomic E-state index is 10.5. The van der Waals surface area contributed by atoms with Gasteiger partial charge in [-0.2, -0.15) is 5.06 Å². The molecule has 0 spiro atoms. The van der Waals surface area contributed by atoms with Crippen LogP contribution in [0.1, 0.15) is 0 Å². The van der Waals surface area contributed by atoms with Gasteiger partial charge in [-0.3, -0.25) is 10.0 Å². The summed E-state index contributed by atoms with van der Waals surface area (Å²) in [6.07, 6.45) is 0. The molecule has 0 bridgehead atoms. The fourth-order valence-corrected chi connectivity index (χ4v) is 0.713. The highest BCUT2D eigenvalue weighted by Crippen LogP contribution is 2.09. The first kappa shape index (κ1) is 7.75. The number of amides is 1. The SMILES string of the molecule is [CH2]C(=O)N(O)c1ccccc1. The Hall–Kier alpha value is -1.35. The number of carbonyl (C=O) groups excluding carboxylic acids is 1. The van der Waals surface area contributed by atoms with Gasteiger partial charge in [0.2, 0.25) is 0 Å². The van der Waals surface area contributed by atoms with Crippen molar-refractivity contribution in [3.05, 3.63) is 37.3 Å². The maximum Gasteiger partial charge on any atom is 0.251 e. The second kappa shape index (κ2) is 3.16. The van der Waals surface area contributed by atoms with Crippen LogP contribution in [0, 0.1) is 6.92 Å². The summed E-state index contributed by atoms with van der Waals surface area (Å²) in [5, 5.41) is 9.52. The van der Waals surface area contributed by atoms with Crippen molar-refractivity contribution in [1.82, 2.24) is 0 Å². The van der Waals surface area contributed by atoms with Crippen LogP contribution in [0.25, 0.3) is 0 Å². The molecule has 3 nitrogen and oxygen atoms in total. The highest BCUT2D eigenvalue weighted by Gasteiger charge is 2.05. The van der Waals surface area contributed by atoms with Gasteiger partial charge in [-0.05, 0) is 12.1 Å². The van der Waals surface area contributed by atoms with Gasteiger partial charge in [0, 0.05) is 6.92 Å². The van der Waals surface area contributed by atoms with E-state index < -0.39 is 5.91 Å². The molecule has 0 atom stereocenters. The van der Waals surface area contributed by atoms with Crippen LogP contribution < -0.4 is 5.06 Å². The monoisotopic (exact) mass is 150 g/mol. The molecular formula is C8H8NO2. The largest absolute Gasteiger partial charge is 0.281 e. The quantitative estimate of drug-likeness (QED) is 0.483. The van der Waals surface area contributed by atoms with Gasteiger partial charge in [0.1, 0.15) is 0 Å². The normalized spacial score (nSPS) is 9.27. The lowest BCUT2D eigenvalue weighted by molar-refractivity contribution is -0.119. The van der Waals surface area contributed by atoms with Crippen molar-refractivity contribution >= 4 is 11.6 Å². The van der Waals surface area contributed by atoms with Gasteiger partial charge in [-0.15, -0.1) is 0 Å². The van der Waals surface area contributed by atoms with Gasteiger partial charge in [-0.25, -0.2) is 0 Å². The Labute approximate surface area is 64.8 Å². The van der Waals surface area contributed by atoms with Crippen LogP contribution in [-0.2, 0) is 4.79 Å². The molecule has 1 rings (SSSR count).